The van der Waals surface area contributed by atoms with Gasteiger partial charge in [-0.25, -0.2) is 0 Å². The van der Waals surface area contributed by atoms with Gasteiger partial charge in [0.15, 0.2) is 0 Å². The van der Waals surface area contributed by atoms with Gasteiger partial charge in [0.05, 0.1) is 25.7 Å². The Morgan fingerprint density at radius 2 is 2.05 bits per heavy atom. The third-order valence-electron chi connectivity index (χ3n) is 4.72. The van der Waals surface area contributed by atoms with Crippen LogP contribution in [0.25, 0.3) is 0 Å². The fraction of sp³-hybridized carbons (Fsp3) is 0.812. The zero-order chi connectivity index (χ0) is 15.8. The largest absolute Gasteiger partial charge is 0.469 e. The van der Waals surface area contributed by atoms with Crippen LogP contribution in [0.2, 0.25) is 0 Å². The smallest absolute Gasteiger partial charge is 0.310 e. The molecule has 0 bridgehead atoms. The Morgan fingerprint density at radius 1 is 1.27 bits per heavy atom. The van der Waals surface area contributed by atoms with E-state index < -0.39 is 0 Å². The highest BCUT2D eigenvalue weighted by atomic mass is 16.5. The Labute approximate surface area is 131 Å². The molecule has 1 N–H and O–H groups in total. The summed E-state index contributed by atoms with van der Waals surface area (Å²) in [7, 11) is 1.44. The Balaban J connectivity index is 1.97. The Kier molecular flexibility index (Phi) is 6.68. The standard InChI is InChI=1S/C16H26N2O4/c1-21-16(20)13-7-3-5-9-15(13)18-17-14-8-4-2-6-12(14)10-22-11-19/h11-13,15,18H,2-10H2,1H3. The van der Waals surface area contributed by atoms with Crippen molar-refractivity contribution in [1.29, 1.82) is 0 Å². The van der Waals surface area contributed by atoms with E-state index in [-0.39, 0.29) is 23.8 Å². The van der Waals surface area contributed by atoms with Crippen LogP contribution in [0.4, 0.5) is 0 Å². The minimum absolute atomic E-state index is 0.0447. The molecule has 0 aliphatic heterocycles. The fourth-order valence-corrected chi connectivity index (χ4v) is 3.43. The maximum Gasteiger partial charge on any atom is 0.310 e. The van der Waals surface area contributed by atoms with Crippen LogP contribution in [-0.2, 0) is 19.1 Å². The Morgan fingerprint density at radius 3 is 2.82 bits per heavy atom. The van der Waals surface area contributed by atoms with Gasteiger partial charge in [0.1, 0.15) is 0 Å². The van der Waals surface area contributed by atoms with E-state index in [0.717, 1.165) is 57.1 Å². The lowest BCUT2D eigenvalue weighted by Crippen LogP contribution is -2.41. The van der Waals surface area contributed by atoms with Crippen LogP contribution in [0.5, 0.6) is 0 Å². The van der Waals surface area contributed by atoms with Crippen molar-refractivity contribution in [3.05, 3.63) is 0 Å². The highest BCUT2D eigenvalue weighted by Gasteiger charge is 2.32. The van der Waals surface area contributed by atoms with E-state index >= 15 is 0 Å². The average Bonchev–Trinajstić information content (AvgIpc) is 2.58. The third kappa shape index (κ3) is 4.45. The molecule has 6 heteroatoms. The molecule has 0 aromatic carbocycles. The van der Waals surface area contributed by atoms with Gasteiger partial charge >= 0.3 is 5.97 Å². The molecule has 2 fully saturated rings. The number of esters is 1. The van der Waals surface area contributed by atoms with Crippen molar-refractivity contribution < 1.29 is 19.1 Å². The summed E-state index contributed by atoms with van der Waals surface area (Å²) in [6, 6.07) is 0.0447. The van der Waals surface area contributed by atoms with Gasteiger partial charge in [-0.15, -0.1) is 0 Å². The number of nitrogens with zero attached hydrogens (tertiary/aromatic N) is 1. The van der Waals surface area contributed by atoms with Crippen LogP contribution in [0.15, 0.2) is 5.10 Å². The zero-order valence-electron chi connectivity index (χ0n) is 13.3. The summed E-state index contributed by atoms with van der Waals surface area (Å²) in [6.07, 6.45) is 8.13. The van der Waals surface area contributed by atoms with Crippen molar-refractivity contribution in [3.63, 3.8) is 0 Å². The average molecular weight is 310 g/mol. The lowest BCUT2D eigenvalue weighted by molar-refractivity contribution is -0.147. The predicted molar refractivity (Wildman–Crippen MR) is 82.3 cm³/mol. The van der Waals surface area contributed by atoms with Crippen LogP contribution in [0.3, 0.4) is 0 Å². The molecule has 0 aromatic rings. The minimum atomic E-state index is -0.151. The molecule has 0 aromatic heterocycles. The molecule has 2 rings (SSSR count). The first-order chi connectivity index (χ1) is 10.8. The van der Waals surface area contributed by atoms with E-state index in [0.29, 0.717) is 13.1 Å². The quantitative estimate of drug-likeness (QED) is 0.461. The fourth-order valence-electron chi connectivity index (χ4n) is 3.43. The lowest BCUT2D eigenvalue weighted by atomic mass is 9.85. The monoisotopic (exact) mass is 310 g/mol. The third-order valence-corrected chi connectivity index (χ3v) is 4.72. The molecule has 2 saturated carbocycles. The van der Waals surface area contributed by atoms with Crippen LogP contribution in [0, 0.1) is 11.8 Å². The maximum atomic E-state index is 11.9. The molecule has 0 amide bonds. The topological polar surface area (TPSA) is 77.0 Å². The zero-order valence-corrected chi connectivity index (χ0v) is 13.3. The highest BCUT2D eigenvalue weighted by Crippen LogP contribution is 2.26. The number of hydrogen-bond donors (Lipinski definition) is 1. The van der Waals surface area contributed by atoms with Crippen LogP contribution in [-0.4, -0.2) is 37.9 Å². The van der Waals surface area contributed by atoms with Gasteiger partial charge in [-0.2, -0.15) is 5.10 Å². The van der Waals surface area contributed by atoms with Gasteiger partial charge in [0, 0.05) is 11.6 Å². The summed E-state index contributed by atoms with van der Waals surface area (Å²) in [4.78, 5) is 22.2. The van der Waals surface area contributed by atoms with Crippen molar-refractivity contribution in [1.82, 2.24) is 5.43 Å². The van der Waals surface area contributed by atoms with E-state index in [9.17, 15) is 9.59 Å². The van der Waals surface area contributed by atoms with E-state index in [1.54, 1.807) is 0 Å². The van der Waals surface area contributed by atoms with Crippen LogP contribution < -0.4 is 5.43 Å². The number of carbonyl (C=O) groups is 2. The van der Waals surface area contributed by atoms with Crippen molar-refractivity contribution in [2.45, 2.75) is 57.4 Å². The second-order valence-electron chi connectivity index (χ2n) is 6.13. The Bertz CT molecular complexity index is 411. The molecular weight excluding hydrogens is 284 g/mol. The number of rotatable bonds is 6. The summed E-state index contributed by atoms with van der Waals surface area (Å²) >= 11 is 0. The first-order valence-electron chi connectivity index (χ1n) is 8.21. The van der Waals surface area contributed by atoms with Gasteiger partial charge in [-0.05, 0) is 32.1 Å². The number of carbonyl (C=O) groups excluding carboxylic acids is 2. The number of nitrogens with one attached hydrogen (secondary N) is 1. The van der Waals surface area contributed by atoms with Gasteiger partial charge in [-0.3, -0.25) is 9.59 Å². The number of methoxy groups -OCH3 is 1. The summed E-state index contributed by atoms with van der Waals surface area (Å²) in [5, 5.41) is 4.57. The van der Waals surface area contributed by atoms with Gasteiger partial charge in [-0.1, -0.05) is 19.3 Å². The summed E-state index contributed by atoms with van der Waals surface area (Å²) in [5.41, 5.74) is 4.26. The van der Waals surface area contributed by atoms with Gasteiger partial charge in [0.2, 0.25) is 0 Å². The van der Waals surface area contributed by atoms with Crippen molar-refractivity contribution in [3.8, 4) is 0 Å². The number of hydrogen-bond acceptors (Lipinski definition) is 6. The summed E-state index contributed by atoms with van der Waals surface area (Å²) in [6.45, 7) is 0.892. The van der Waals surface area contributed by atoms with Crippen LogP contribution in [0.1, 0.15) is 51.4 Å². The molecule has 3 unspecified atom stereocenters. The molecule has 0 heterocycles. The molecule has 0 spiro atoms. The molecule has 0 saturated heterocycles. The SMILES string of the molecule is COC(=O)C1CCCCC1NN=C1CCCCC1COC=O. The minimum Gasteiger partial charge on any atom is -0.469 e. The van der Waals surface area contributed by atoms with Crippen molar-refractivity contribution in [2.24, 2.45) is 16.9 Å². The molecule has 2 aliphatic rings. The number of hydrazone groups is 1. The van der Waals surface area contributed by atoms with E-state index in [1.807, 2.05) is 0 Å². The second-order valence-corrected chi connectivity index (χ2v) is 6.13. The molecule has 6 nitrogen and oxygen atoms in total. The first-order valence-corrected chi connectivity index (χ1v) is 8.21. The predicted octanol–water partition coefficient (Wildman–Crippen LogP) is 2.03. The molecule has 0 radical (unpaired) electrons. The molecule has 2 aliphatic carbocycles. The van der Waals surface area contributed by atoms with E-state index in [2.05, 4.69) is 10.5 Å². The number of ether oxygens (including phenoxy) is 2. The molecule has 124 valence electrons. The summed E-state index contributed by atoms with van der Waals surface area (Å²) in [5.74, 6) is -0.0649. The molecule has 22 heavy (non-hydrogen) atoms. The lowest BCUT2D eigenvalue weighted by Gasteiger charge is -2.30. The van der Waals surface area contributed by atoms with Crippen molar-refractivity contribution >= 4 is 18.2 Å². The first kappa shape index (κ1) is 16.8. The van der Waals surface area contributed by atoms with Gasteiger partial charge in [0.25, 0.3) is 6.47 Å². The van der Waals surface area contributed by atoms with E-state index in [4.69, 9.17) is 9.47 Å². The highest BCUT2D eigenvalue weighted by molar-refractivity contribution is 5.87. The Hall–Kier alpha value is -1.59. The molecule has 3 atom stereocenters. The van der Waals surface area contributed by atoms with Crippen LogP contribution >= 0.6 is 0 Å². The molecular formula is C16H26N2O4. The maximum absolute atomic E-state index is 11.9. The van der Waals surface area contributed by atoms with E-state index in [1.165, 1.54) is 7.11 Å². The van der Waals surface area contributed by atoms with Crippen molar-refractivity contribution in [2.75, 3.05) is 13.7 Å². The van der Waals surface area contributed by atoms with Gasteiger partial charge < -0.3 is 14.9 Å². The summed E-state index contributed by atoms with van der Waals surface area (Å²) < 4.78 is 9.81. The normalized spacial score (nSPS) is 30.6. The second kappa shape index (κ2) is 8.76.